The number of rotatable bonds is 4. The van der Waals surface area contributed by atoms with Gasteiger partial charge in [0.2, 0.25) is 0 Å². The summed E-state index contributed by atoms with van der Waals surface area (Å²) in [6.45, 7) is 8.88. The molecule has 0 rings (SSSR count). The fourth-order valence-electron chi connectivity index (χ4n) is 1.09. The molecule has 74 valence electrons. The minimum Gasteiger partial charge on any atom is -0.299 e. The first-order chi connectivity index (χ1) is 5.86. The summed E-state index contributed by atoms with van der Waals surface area (Å²) < 4.78 is 0. The lowest BCUT2D eigenvalue weighted by molar-refractivity contribution is -0.131. The van der Waals surface area contributed by atoms with Gasteiger partial charge in [0.15, 0.2) is 0 Å². The molecule has 0 spiro atoms. The molecule has 0 bridgehead atoms. The van der Waals surface area contributed by atoms with Gasteiger partial charge in [-0.05, 0) is 20.8 Å². The molecule has 0 aliphatic heterocycles. The van der Waals surface area contributed by atoms with Crippen LogP contribution >= 0.6 is 0 Å². The summed E-state index contributed by atoms with van der Waals surface area (Å²) in [5, 5.41) is 0. The lowest BCUT2D eigenvalue weighted by Gasteiger charge is -2.11. The molecule has 0 aromatic heterocycles. The van der Waals surface area contributed by atoms with Crippen LogP contribution in [0, 0.1) is 11.8 Å². The third kappa shape index (κ3) is 4.02. The van der Waals surface area contributed by atoms with Gasteiger partial charge < -0.3 is 0 Å². The quantitative estimate of drug-likeness (QED) is 0.494. The minimum atomic E-state index is -0.537. The van der Waals surface area contributed by atoms with Crippen LogP contribution in [0.25, 0.3) is 0 Å². The van der Waals surface area contributed by atoms with E-state index in [9.17, 15) is 9.59 Å². The molecular weight excluding hydrogens is 164 g/mol. The highest BCUT2D eigenvalue weighted by Gasteiger charge is 2.22. The molecule has 1 unspecified atom stereocenters. The summed E-state index contributed by atoms with van der Waals surface area (Å²) in [5.74, 6) is -0.678. The number of Topliss-reactive ketones (excluding diaryl/α,β-unsaturated/α-hetero) is 2. The van der Waals surface area contributed by atoms with E-state index in [-0.39, 0.29) is 17.5 Å². The predicted octanol–water partition coefficient (Wildman–Crippen LogP) is 2.38. The number of hydrogen-bond donors (Lipinski definition) is 0. The van der Waals surface area contributed by atoms with Gasteiger partial charge in [-0.25, -0.2) is 0 Å². The van der Waals surface area contributed by atoms with Gasteiger partial charge in [0.1, 0.15) is 11.6 Å². The van der Waals surface area contributed by atoms with Crippen molar-refractivity contribution in [3.63, 3.8) is 0 Å². The molecule has 2 nitrogen and oxygen atoms in total. The predicted molar refractivity (Wildman–Crippen MR) is 53.4 cm³/mol. The first-order valence-corrected chi connectivity index (χ1v) is 4.55. The van der Waals surface area contributed by atoms with Crippen LogP contribution in [0.4, 0.5) is 0 Å². The summed E-state index contributed by atoms with van der Waals surface area (Å²) in [4.78, 5) is 22.7. The number of carbonyl (C=O) groups is 2. The van der Waals surface area contributed by atoms with Crippen molar-refractivity contribution < 1.29 is 9.59 Å². The Kier molecular flexibility index (Phi) is 4.60. The van der Waals surface area contributed by atoms with E-state index in [1.807, 2.05) is 27.7 Å². The molecule has 2 heteroatoms. The average Bonchev–Trinajstić information content (AvgIpc) is 1.97. The zero-order valence-corrected chi connectivity index (χ0v) is 9.05. The molecule has 0 radical (unpaired) electrons. The third-order valence-corrected chi connectivity index (χ3v) is 1.81. The van der Waals surface area contributed by atoms with Gasteiger partial charge in [0.25, 0.3) is 0 Å². The van der Waals surface area contributed by atoms with Gasteiger partial charge in [-0.15, -0.1) is 0 Å². The second-order valence-corrected chi connectivity index (χ2v) is 3.89. The van der Waals surface area contributed by atoms with E-state index in [1.165, 1.54) is 6.92 Å². The third-order valence-electron chi connectivity index (χ3n) is 1.81. The summed E-state index contributed by atoms with van der Waals surface area (Å²) in [7, 11) is 0. The lowest BCUT2D eigenvalue weighted by atomic mass is 9.91. The number of hydrogen-bond acceptors (Lipinski definition) is 2. The Bertz CT molecular complexity index is 232. The van der Waals surface area contributed by atoms with E-state index in [0.717, 1.165) is 5.57 Å². The zero-order valence-electron chi connectivity index (χ0n) is 9.05. The second kappa shape index (κ2) is 4.95. The first kappa shape index (κ1) is 12.1. The highest BCUT2D eigenvalue weighted by Crippen LogP contribution is 2.12. The lowest BCUT2D eigenvalue weighted by Crippen LogP contribution is -2.24. The van der Waals surface area contributed by atoms with Crippen LogP contribution in [0.5, 0.6) is 0 Å². The molecule has 13 heavy (non-hydrogen) atoms. The Balaban J connectivity index is 4.73. The van der Waals surface area contributed by atoms with Crippen molar-refractivity contribution in [3.8, 4) is 0 Å². The number of allylic oxidation sites excluding steroid dienone is 2. The van der Waals surface area contributed by atoms with Crippen LogP contribution in [0.2, 0.25) is 0 Å². The Morgan fingerprint density at radius 1 is 1.08 bits per heavy atom. The van der Waals surface area contributed by atoms with E-state index in [2.05, 4.69) is 0 Å². The molecule has 0 heterocycles. The smallest absolute Gasteiger partial charge is 0.149 e. The molecule has 0 aliphatic rings. The van der Waals surface area contributed by atoms with Gasteiger partial charge in [0, 0.05) is 5.92 Å². The highest BCUT2D eigenvalue weighted by atomic mass is 16.1. The summed E-state index contributed by atoms with van der Waals surface area (Å²) >= 11 is 0. The summed E-state index contributed by atoms with van der Waals surface area (Å²) in [6.07, 6.45) is 1.74. The standard InChI is InChI=1S/C11H18O2/c1-7(2)6-10(9(5)12)11(13)8(3)4/h6,8,10H,1-5H3. The second-order valence-electron chi connectivity index (χ2n) is 3.89. The Hall–Kier alpha value is -0.920. The van der Waals surface area contributed by atoms with E-state index < -0.39 is 5.92 Å². The maximum atomic E-state index is 11.6. The minimum absolute atomic E-state index is 0.00806. The van der Waals surface area contributed by atoms with E-state index in [1.54, 1.807) is 6.08 Å². The van der Waals surface area contributed by atoms with Crippen molar-refractivity contribution in [1.82, 2.24) is 0 Å². The molecular formula is C11H18O2. The van der Waals surface area contributed by atoms with Crippen molar-refractivity contribution in [1.29, 1.82) is 0 Å². The van der Waals surface area contributed by atoms with Crippen molar-refractivity contribution in [2.45, 2.75) is 34.6 Å². The molecule has 0 aliphatic carbocycles. The summed E-state index contributed by atoms with van der Waals surface area (Å²) in [5.41, 5.74) is 1.01. The van der Waals surface area contributed by atoms with Crippen LogP contribution in [-0.2, 0) is 9.59 Å². The normalized spacial score (nSPS) is 12.5. The molecule has 0 amide bonds. The van der Waals surface area contributed by atoms with Crippen LogP contribution in [0.15, 0.2) is 11.6 Å². The first-order valence-electron chi connectivity index (χ1n) is 4.55. The van der Waals surface area contributed by atoms with Gasteiger partial charge in [-0.3, -0.25) is 9.59 Å². The molecule has 1 atom stereocenters. The Morgan fingerprint density at radius 2 is 1.54 bits per heavy atom. The van der Waals surface area contributed by atoms with Gasteiger partial charge in [-0.1, -0.05) is 25.5 Å². The Morgan fingerprint density at radius 3 is 1.77 bits per heavy atom. The molecule has 0 saturated heterocycles. The monoisotopic (exact) mass is 182 g/mol. The van der Waals surface area contributed by atoms with Crippen molar-refractivity contribution in [3.05, 3.63) is 11.6 Å². The fourth-order valence-corrected chi connectivity index (χ4v) is 1.09. The van der Waals surface area contributed by atoms with Crippen LogP contribution < -0.4 is 0 Å². The van der Waals surface area contributed by atoms with Crippen molar-refractivity contribution in [2.75, 3.05) is 0 Å². The largest absolute Gasteiger partial charge is 0.299 e. The molecule has 0 fully saturated rings. The van der Waals surface area contributed by atoms with Gasteiger partial charge in [0.05, 0.1) is 5.92 Å². The van der Waals surface area contributed by atoms with Crippen LogP contribution in [0.1, 0.15) is 34.6 Å². The average molecular weight is 182 g/mol. The van der Waals surface area contributed by atoms with Gasteiger partial charge >= 0.3 is 0 Å². The molecule has 0 N–H and O–H groups in total. The van der Waals surface area contributed by atoms with Gasteiger partial charge in [-0.2, -0.15) is 0 Å². The van der Waals surface area contributed by atoms with E-state index in [0.29, 0.717) is 0 Å². The fraction of sp³-hybridized carbons (Fsp3) is 0.636. The summed E-state index contributed by atoms with van der Waals surface area (Å²) in [6, 6.07) is 0. The molecule has 0 aromatic rings. The molecule has 0 aromatic carbocycles. The number of ketones is 2. The Labute approximate surface area is 80.0 Å². The van der Waals surface area contributed by atoms with Crippen LogP contribution in [0.3, 0.4) is 0 Å². The maximum absolute atomic E-state index is 11.6. The van der Waals surface area contributed by atoms with Crippen LogP contribution in [-0.4, -0.2) is 11.6 Å². The van der Waals surface area contributed by atoms with Crippen molar-refractivity contribution in [2.24, 2.45) is 11.8 Å². The van der Waals surface area contributed by atoms with Crippen molar-refractivity contribution >= 4 is 11.6 Å². The zero-order chi connectivity index (χ0) is 10.6. The van der Waals surface area contributed by atoms with E-state index >= 15 is 0 Å². The maximum Gasteiger partial charge on any atom is 0.149 e. The van der Waals surface area contributed by atoms with E-state index in [4.69, 9.17) is 0 Å². The highest BCUT2D eigenvalue weighted by molar-refractivity contribution is 6.03. The number of carbonyl (C=O) groups excluding carboxylic acids is 2. The molecule has 0 saturated carbocycles. The SMILES string of the molecule is CC(=O)C(C=C(C)C)C(=O)C(C)C. The topological polar surface area (TPSA) is 34.1 Å².